The fourth-order valence-corrected chi connectivity index (χ4v) is 2.01. The summed E-state index contributed by atoms with van der Waals surface area (Å²) in [6.07, 6.45) is 4.17. The van der Waals surface area contributed by atoms with Gasteiger partial charge in [-0.15, -0.1) is 0 Å². The van der Waals surface area contributed by atoms with E-state index >= 15 is 0 Å². The molecule has 0 aliphatic carbocycles. The zero-order valence-electron chi connectivity index (χ0n) is 10.7. The van der Waals surface area contributed by atoms with E-state index in [1.807, 2.05) is 18.5 Å². The van der Waals surface area contributed by atoms with Crippen LogP contribution in [-0.2, 0) is 13.1 Å². The van der Waals surface area contributed by atoms with Crippen LogP contribution in [0.15, 0.2) is 24.5 Å². The number of hydrogen-bond acceptors (Lipinski definition) is 2. The normalized spacial score (nSPS) is 12.9. The zero-order valence-corrected chi connectivity index (χ0v) is 10.7. The van der Waals surface area contributed by atoms with Crippen molar-refractivity contribution in [2.45, 2.75) is 39.9 Å². The summed E-state index contributed by atoms with van der Waals surface area (Å²) in [4.78, 5) is 0. The van der Waals surface area contributed by atoms with Crippen LogP contribution in [0.4, 0.5) is 0 Å². The monoisotopic (exact) mass is 232 g/mol. The van der Waals surface area contributed by atoms with Gasteiger partial charge in [0, 0.05) is 25.0 Å². The molecule has 2 aromatic rings. The van der Waals surface area contributed by atoms with Crippen LogP contribution in [-0.4, -0.2) is 14.3 Å². The van der Waals surface area contributed by atoms with E-state index < -0.39 is 0 Å². The van der Waals surface area contributed by atoms with Crippen LogP contribution in [0.5, 0.6) is 0 Å². The lowest BCUT2D eigenvalue weighted by Crippen LogP contribution is -2.07. The highest BCUT2D eigenvalue weighted by molar-refractivity contribution is 5.16. The fourth-order valence-electron chi connectivity index (χ4n) is 2.01. The van der Waals surface area contributed by atoms with E-state index in [1.54, 1.807) is 0 Å². The van der Waals surface area contributed by atoms with Crippen molar-refractivity contribution in [3.05, 3.63) is 41.5 Å². The van der Waals surface area contributed by atoms with E-state index in [9.17, 15) is 0 Å². The van der Waals surface area contributed by atoms with Crippen LogP contribution in [0.25, 0.3) is 0 Å². The molecule has 0 spiro atoms. The van der Waals surface area contributed by atoms with Crippen LogP contribution in [0.1, 0.15) is 36.8 Å². The summed E-state index contributed by atoms with van der Waals surface area (Å²) in [6.45, 7) is 7.89. The molecular formula is C13H20N4. The minimum absolute atomic E-state index is 0.0917. The van der Waals surface area contributed by atoms with Crippen LogP contribution in [0.2, 0.25) is 0 Å². The van der Waals surface area contributed by atoms with Gasteiger partial charge in [0.15, 0.2) is 0 Å². The number of nitrogens with two attached hydrogens (primary N) is 1. The van der Waals surface area contributed by atoms with E-state index in [2.05, 4.69) is 41.1 Å². The van der Waals surface area contributed by atoms with Gasteiger partial charge < -0.3 is 10.3 Å². The summed E-state index contributed by atoms with van der Waals surface area (Å²) in [7, 11) is 0. The SMILES string of the molecule is CCn1nc(C)cc1Cn1ccc(C(C)N)c1. The minimum Gasteiger partial charge on any atom is -0.348 e. The third-order valence-electron chi connectivity index (χ3n) is 2.93. The number of hydrogen-bond donors (Lipinski definition) is 1. The predicted octanol–water partition coefficient (Wildman–Crippen LogP) is 2.08. The summed E-state index contributed by atoms with van der Waals surface area (Å²) >= 11 is 0. The summed E-state index contributed by atoms with van der Waals surface area (Å²) in [6, 6.07) is 4.30. The van der Waals surface area contributed by atoms with Crippen molar-refractivity contribution in [1.29, 1.82) is 0 Å². The highest BCUT2D eigenvalue weighted by Crippen LogP contribution is 2.12. The third kappa shape index (κ3) is 2.58. The molecule has 2 heterocycles. The first-order valence-corrected chi connectivity index (χ1v) is 6.04. The highest BCUT2D eigenvalue weighted by Gasteiger charge is 2.06. The van der Waals surface area contributed by atoms with Crippen molar-refractivity contribution in [1.82, 2.24) is 14.3 Å². The van der Waals surface area contributed by atoms with Gasteiger partial charge in [-0.05, 0) is 38.5 Å². The van der Waals surface area contributed by atoms with Crippen molar-refractivity contribution in [2.24, 2.45) is 5.73 Å². The van der Waals surface area contributed by atoms with E-state index in [1.165, 1.54) is 11.3 Å². The van der Waals surface area contributed by atoms with Crippen molar-refractivity contribution < 1.29 is 0 Å². The summed E-state index contributed by atoms with van der Waals surface area (Å²) in [5.41, 5.74) is 9.32. The molecule has 92 valence electrons. The van der Waals surface area contributed by atoms with Gasteiger partial charge in [-0.2, -0.15) is 5.10 Å². The average molecular weight is 232 g/mol. The van der Waals surface area contributed by atoms with E-state index in [0.717, 1.165) is 18.8 Å². The Hall–Kier alpha value is -1.55. The predicted molar refractivity (Wildman–Crippen MR) is 68.8 cm³/mol. The Morgan fingerprint density at radius 2 is 2.24 bits per heavy atom. The molecule has 2 rings (SSSR count). The lowest BCUT2D eigenvalue weighted by Gasteiger charge is -2.06. The maximum absolute atomic E-state index is 5.85. The summed E-state index contributed by atoms with van der Waals surface area (Å²) in [5, 5.41) is 4.45. The molecule has 0 radical (unpaired) electrons. The largest absolute Gasteiger partial charge is 0.348 e. The average Bonchev–Trinajstić information content (AvgIpc) is 2.86. The molecule has 1 unspecified atom stereocenters. The second-order valence-electron chi connectivity index (χ2n) is 4.50. The quantitative estimate of drug-likeness (QED) is 0.877. The van der Waals surface area contributed by atoms with Crippen molar-refractivity contribution in [3.63, 3.8) is 0 Å². The van der Waals surface area contributed by atoms with Gasteiger partial charge >= 0.3 is 0 Å². The smallest absolute Gasteiger partial charge is 0.0639 e. The maximum atomic E-state index is 5.85. The molecule has 0 bridgehead atoms. The maximum Gasteiger partial charge on any atom is 0.0639 e. The summed E-state index contributed by atoms with van der Waals surface area (Å²) < 4.78 is 4.20. The second-order valence-corrected chi connectivity index (χ2v) is 4.50. The zero-order chi connectivity index (χ0) is 12.4. The Balaban J connectivity index is 2.19. The summed E-state index contributed by atoms with van der Waals surface area (Å²) in [5.74, 6) is 0. The first kappa shape index (κ1) is 11.9. The molecule has 4 nitrogen and oxygen atoms in total. The number of nitrogens with zero attached hydrogens (tertiary/aromatic N) is 3. The van der Waals surface area contributed by atoms with Gasteiger partial charge in [0.05, 0.1) is 17.9 Å². The highest BCUT2D eigenvalue weighted by atomic mass is 15.3. The van der Waals surface area contributed by atoms with Crippen LogP contribution < -0.4 is 5.73 Å². The molecule has 0 aliphatic rings. The van der Waals surface area contributed by atoms with E-state index in [4.69, 9.17) is 5.73 Å². The molecule has 17 heavy (non-hydrogen) atoms. The van der Waals surface area contributed by atoms with Crippen LogP contribution in [0, 0.1) is 6.92 Å². The van der Waals surface area contributed by atoms with Gasteiger partial charge in [0.1, 0.15) is 0 Å². The molecule has 0 amide bonds. The molecule has 4 heteroatoms. The first-order chi connectivity index (χ1) is 8.10. The van der Waals surface area contributed by atoms with Crippen LogP contribution in [0.3, 0.4) is 0 Å². The molecule has 1 atom stereocenters. The Bertz CT molecular complexity index is 493. The molecule has 0 saturated heterocycles. The first-order valence-electron chi connectivity index (χ1n) is 6.04. The second kappa shape index (κ2) is 4.75. The number of aryl methyl sites for hydroxylation is 2. The standard InChI is InChI=1S/C13H20N4/c1-4-17-13(7-10(2)15-17)9-16-6-5-12(8-16)11(3)14/h5-8,11H,4,9,14H2,1-3H3. The Morgan fingerprint density at radius 3 is 2.82 bits per heavy atom. The van der Waals surface area contributed by atoms with Gasteiger partial charge in [-0.1, -0.05) is 0 Å². The third-order valence-corrected chi connectivity index (χ3v) is 2.93. The molecule has 0 aliphatic heterocycles. The number of rotatable bonds is 4. The van der Waals surface area contributed by atoms with Gasteiger partial charge in [0.2, 0.25) is 0 Å². The minimum atomic E-state index is 0.0917. The van der Waals surface area contributed by atoms with Crippen molar-refractivity contribution >= 4 is 0 Å². The van der Waals surface area contributed by atoms with Gasteiger partial charge in [-0.3, -0.25) is 4.68 Å². The molecule has 2 N–H and O–H groups in total. The van der Waals surface area contributed by atoms with Gasteiger partial charge in [-0.25, -0.2) is 0 Å². The van der Waals surface area contributed by atoms with Crippen LogP contribution >= 0.6 is 0 Å². The topological polar surface area (TPSA) is 48.8 Å². The molecular weight excluding hydrogens is 212 g/mol. The number of aromatic nitrogens is 3. The van der Waals surface area contributed by atoms with Crippen molar-refractivity contribution in [2.75, 3.05) is 0 Å². The molecule has 0 saturated carbocycles. The lowest BCUT2D eigenvalue weighted by atomic mass is 10.2. The van der Waals surface area contributed by atoms with E-state index in [-0.39, 0.29) is 6.04 Å². The Morgan fingerprint density at radius 1 is 1.47 bits per heavy atom. The lowest BCUT2D eigenvalue weighted by molar-refractivity contribution is 0.597. The fraction of sp³-hybridized carbons (Fsp3) is 0.462. The Kier molecular flexibility index (Phi) is 3.33. The molecule has 0 aromatic carbocycles. The molecule has 0 fully saturated rings. The molecule has 2 aromatic heterocycles. The van der Waals surface area contributed by atoms with Gasteiger partial charge in [0.25, 0.3) is 0 Å². The van der Waals surface area contributed by atoms with E-state index in [0.29, 0.717) is 0 Å². The van der Waals surface area contributed by atoms with Crippen molar-refractivity contribution in [3.8, 4) is 0 Å². The Labute approximate surface area is 102 Å².